The van der Waals surface area contributed by atoms with Crippen molar-refractivity contribution in [3.8, 4) is 78.1 Å². The van der Waals surface area contributed by atoms with Gasteiger partial charge in [0.15, 0.2) is 0 Å². The second-order valence-electron chi connectivity index (χ2n) is 16.1. The number of rotatable bonds is 10. The van der Waals surface area contributed by atoms with E-state index in [1.165, 1.54) is 44.5 Å². The quantitative estimate of drug-likeness (QED) is 0.137. The molecule has 1 aromatic heterocycles. The molecule has 10 aromatic carbocycles. The van der Waals surface area contributed by atoms with Gasteiger partial charge in [0.2, 0.25) is 0 Å². The molecule has 0 N–H and O–H groups in total. The highest BCUT2D eigenvalue weighted by molar-refractivity contribution is 5.91. The number of nitrogens with zero attached hydrogens (tertiary/aromatic N) is 1. The summed E-state index contributed by atoms with van der Waals surface area (Å²) in [6.45, 7) is 0. The van der Waals surface area contributed by atoms with E-state index in [9.17, 15) is 0 Å². The van der Waals surface area contributed by atoms with E-state index in [4.69, 9.17) is 4.42 Å². The van der Waals surface area contributed by atoms with E-state index in [0.717, 1.165) is 61.6 Å². The Bertz CT molecular complexity index is 3280. The first-order chi connectivity index (χ1) is 31.7. The third kappa shape index (κ3) is 7.70. The zero-order chi connectivity index (χ0) is 42.7. The minimum absolute atomic E-state index is 0.857. The highest BCUT2D eigenvalue weighted by atomic mass is 16.3. The fraction of sp³-hybridized carbons (Fsp3) is 0. The van der Waals surface area contributed by atoms with E-state index in [-0.39, 0.29) is 0 Å². The van der Waals surface area contributed by atoms with Crippen molar-refractivity contribution in [1.29, 1.82) is 0 Å². The molecular formula is C62H43NO. The fourth-order valence-electron chi connectivity index (χ4n) is 8.84. The summed E-state index contributed by atoms with van der Waals surface area (Å²) in [6.07, 6.45) is 0. The summed E-state index contributed by atoms with van der Waals surface area (Å²) in [4.78, 5) is 2.34. The van der Waals surface area contributed by atoms with Gasteiger partial charge in [0.1, 0.15) is 11.3 Å². The molecule has 0 aliphatic heterocycles. The Morgan fingerprint density at radius 2 is 0.578 bits per heavy atom. The molecule has 0 bridgehead atoms. The van der Waals surface area contributed by atoms with Gasteiger partial charge in [-0.1, -0.05) is 206 Å². The van der Waals surface area contributed by atoms with Gasteiger partial charge >= 0.3 is 0 Å². The zero-order valence-electron chi connectivity index (χ0n) is 35.2. The molecule has 0 radical (unpaired) electrons. The Morgan fingerprint density at radius 1 is 0.234 bits per heavy atom. The van der Waals surface area contributed by atoms with Crippen LogP contribution >= 0.6 is 0 Å². The van der Waals surface area contributed by atoms with Crippen LogP contribution in [0.5, 0.6) is 0 Å². The molecule has 2 nitrogen and oxygen atoms in total. The molecule has 0 spiro atoms. The second kappa shape index (κ2) is 17.1. The van der Waals surface area contributed by atoms with Gasteiger partial charge in [-0.25, -0.2) is 0 Å². The molecule has 0 atom stereocenters. The Morgan fingerprint density at radius 3 is 1.08 bits per heavy atom. The van der Waals surface area contributed by atoms with Crippen LogP contribution in [0.4, 0.5) is 17.1 Å². The molecular weight excluding hydrogens is 775 g/mol. The second-order valence-corrected chi connectivity index (χ2v) is 16.1. The average molecular weight is 818 g/mol. The monoisotopic (exact) mass is 817 g/mol. The van der Waals surface area contributed by atoms with Crippen molar-refractivity contribution >= 4 is 28.0 Å². The third-order valence-corrected chi connectivity index (χ3v) is 12.2. The van der Waals surface area contributed by atoms with Crippen LogP contribution < -0.4 is 4.90 Å². The standard InChI is InChI=1S/C62H43NO/c1-4-14-44(15-5-1)45-24-26-46(27-25-45)47-28-35-54(36-29-47)63(56-39-32-51(33-40-56)58-22-12-11-21-57(58)49-16-6-2-7-17-49)55-37-30-48(31-38-55)52-34-41-59(50-18-8-3-9-19-50)60(42-52)62-43-53-20-10-13-23-61(53)64-62/h1-43H. The maximum absolute atomic E-state index is 6.47. The Labute approximate surface area is 374 Å². The van der Waals surface area contributed by atoms with Crippen molar-refractivity contribution in [2.45, 2.75) is 0 Å². The molecule has 11 aromatic rings. The molecule has 0 unspecified atom stereocenters. The van der Waals surface area contributed by atoms with Crippen molar-refractivity contribution in [1.82, 2.24) is 0 Å². The van der Waals surface area contributed by atoms with Crippen LogP contribution in [0.25, 0.3) is 89.1 Å². The van der Waals surface area contributed by atoms with E-state index >= 15 is 0 Å². The summed E-state index contributed by atoms with van der Waals surface area (Å²) >= 11 is 0. The maximum atomic E-state index is 6.47. The lowest BCUT2D eigenvalue weighted by molar-refractivity contribution is 0.632. The van der Waals surface area contributed by atoms with E-state index in [0.29, 0.717) is 0 Å². The van der Waals surface area contributed by atoms with E-state index in [2.05, 4.69) is 254 Å². The van der Waals surface area contributed by atoms with E-state index in [1.54, 1.807) is 0 Å². The summed E-state index contributed by atoms with van der Waals surface area (Å²) in [6, 6.07) is 93.1. The van der Waals surface area contributed by atoms with Crippen LogP contribution in [0.15, 0.2) is 265 Å². The summed E-state index contributed by atoms with van der Waals surface area (Å²) < 4.78 is 6.47. The minimum Gasteiger partial charge on any atom is -0.456 e. The lowest BCUT2D eigenvalue weighted by Crippen LogP contribution is -2.09. The van der Waals surface area contributed by atoms with E-state index in [1.807, 2.05) is 12.1 Å². The molecule has 0 aliphatic rings. The van der Waals surface area contributed by atoms with Crippen molar-refractivity contribution < 1.29 is 4.42 Å². The normalized spacial score (nSPS) is 11.1. The molecule has 11 rings (SSSR count). The van der Waals surface area contributed by atoms with Gasteiger partial charge in [0.05, 0.1) is 0 Å². The topological polar surface area (TPSA) is 16.4 Å². The largest absolute Gasteiger partial charge is 0.456 e. The van der Waals surface area contributed by atoms with Crippen molar-refractivity contribution in [3.05, 3.63) is 261 Å². The fourth-order valence-corrected chi connectivity index (χ4v) is 8.84. The lowest BCUT2D eigenvalue weighted by Gasteiger charge is -2.26. The van der Waals surface area contributed by atoms with Crippen LogP contribution in [-0.2, 0) is 0 Å². The van der Waals surface area contributed by atoms with Gasteiger partial charge in [-0.15, -0.1) is 0 Å². The SMILES string of the molecule is c1ccc(-c2ccc(-c3ccc(N(c4ccc(-c5ccc(-c6ccccc6)c(-c6cc7ccccc7o6)c5)cc4)c4ccc(-c5ccccc5-c5ccccc5)cc4)cc3)cc2)cc1. The van der Waals surface area contributed by atoms with Crippen molar-refractivity contribution in [2.24, 2.45) is 0 Å². The highest BCUT2D eigenvalue weighted by Crippen LogP contribution is 2.42. The predicted octanol–water partition coefficient (Wildman–Crippen LogP) is 17.6. The first kappa shape index (κ1) is 38.5. The molecule has 0 fully saturated rings. The highest BCUT2D eigenvalue weighted by Gasteiger charge is 2.17. The molecule has 0 saturated heterocycles. The molecule has 64 heavy (non-hydrogen) atoms. The summed E-state index contributed by atoms with van der Waals surface area (Å²) in [7, 11) is 0. The van der Waals surface area contributed by atoms with Crippen molar-refractivity contribution in [2.75, 3.05) is 4.90 Å². The smallest absolute Gasteiger partial charge is 0.136 e. The molecule has 0 amide bonds. The Kier molecular flexibility index (Phi) is 10.3. The van der Waals surface area contributed by atoms with Crippen LogP contribution in [-0.4, -0.2) is 0 Å². The Hall–Kier alpha value is -8.46. The zero-order valence-corrected chi connectivity index (χ0v) is 35.2. The lowest BCUT2D eigenvalue weighted by atomic mass is 9.93. The number of hydrogen-bond acceptors (Lipinski definition) is 2. The van der Waals surface area contributed by atoms with Gasteiger partial charge < -0.3 is 9.32 Å². The molecule has 302 valence electrons. The van der Waals surface area contributed by atoms with E-state index < -0.39 is 0 Å². The average Bonchev–Trinajstić information content (AvgIpc) is 3.83. The number of benzene rings is 10. The molecule has 0 saturated carbocycles. The van der Waals surface area contributed by atoms with Crippen LogP contribution in [0, 0.1) is 0 Å². The van der Waals surface area contributed by atoms with Crippen molar-refractivity contribution in [3.63, 3.8) is 0 Å². The van der Waals surface area contributed by atoms with Gasteiger partial charge in [-0.3, -0.25) is 0 Å². The van der Waals surface area contributed by atoms with Gasteiger partial charge in [0, 0.05) is 28.0 Å². The van der Waals surface area contributed by atoms with Crippen LogP contribution in [0.1, 0.15) is 0 Å². The number of hydrogen-bond donors (Lipinski definition) is 0. The number of anilines is 3. The Balaban J connectivity index is 0.959. The molecule has 1 heterocycles. The number of fused-ring (bicyclic) bond motifs is 1. The minimum atomic E-state index is 0.857. The maximum Gasteiger partial charge on any atom is 0.136 e. The first-order valence-corrected chi connectivity index (χ1v) is 21.8. The first-order valence-electron chi connectivity index (χ1n) is 21.8. The van der Waals surface area contributed by atoms with Gasteiger partial charge in [0.25, 0.3) is 0 Å². The number of para-hydroxylation sites is 1. The van der Waals surface area contributed by atoms with Gasteiger partial charge in [-0.2, -0.15) is 0 Å². The molecule has 0 aliphatic carbocycles. The van der Waals surface area contributed by atoms with Crippen LogP contribution in [0.2, 0.25) is 0 Å². The van der Waals surface area contributed by atoms with Crippen LogP contribution in [0.3, 0.4) is 0 Å². The third-order valence-electron chi connectivity index (χ3n) is 12.2. The predicted molar refractivity (Wildman–Crippen MR) is 269 cm³/mol. The summed E-state index contributed by atoms with van der Waals surface area (Å²) in [5.74, 6) is 0.857. The van der Waals surface area contributed by atoms with Gasteiger partial charge in [-0.05, 0) is 121 Å². The summed E-state index contributed by atoms with van der Waals surface area (Å²) in [5.41, 5.74) is 19.3. The summed E-state index contributed by atoms with van der Waals surface area (Å²) in [5, 5.41) is 1.09. The number of furan rings is 1. The molecule has 2 heteroatoms.